The van der Waals surface area contributed by atoms with Gasteiger partial charge in [-0.05, 0) is 6.07 Å². The molecule has 1 heterocycles. The molecule has 0 bridgehead atoms. The van der Waals surface area contributed by atoms with Gasteiger partial charge in [0.15, 0.2) is 5.82 Å². The minimum atomic E-state index is -1.08. The predicted octanol–water partition coefficient (Wildman–Crippen LogP) is 0.738. The lowest BCUT2D eigenvalue weighted by Crippen LogP contribution is -2.11. The van der Waals surface area contributed by atoms with Crippen molar-refractivity contribution in [1.29, 1.82) is 0 Å². The number of carboxylic acids is 1. The summed E-state index contributed by atoms with van der Waals surface area (Å²) >= 11 is 0. The van der Waals surface area contributed by atoms with Crippen LogP contribution in [0.2, 0.25) is 0 Å². The van der Waals surface area contributed by atoms with E-state index in [9.17, 15) is 9.59 Å². The van der Waals surface area contributed by atoms with E-state index in [2.05, 4.69) is 9.68 Å². The van der Waals surface area contributed by atoms with E-state index in [4.69, 9.17) is 5.11 Å². The Balaban J connectivity index is 2.69. The number of benzene rings is 1. The molecule has 6 heteroatoms. The molecule has 6 nitrogen and oxygen atoms in total. The van der Waals surface area contributed by atoms with E-state index in [1.807, 2.05) is 0 Å². The zero-order chi connectivity index (χ0) is 11.7. The minimum Gasteiger partial charge on any atom is -0.478 e. The lowest BCUT2D eigenvalue weighted by atomic mass is 10.1. The van der Waals surface area contributed by atoms with Crippen molar-refractivity contribution in [2.75, 3.05) is 0 Å². The average Bonchev–Trinajstić information content (AvgIpc) is 2.60. The maximum Gasteiger partial charge on any atom is 0.441 e. The van der Waals surface area contributed by atoms with Crippen LogP contribution < -0.4 is 5.76 Å². The lowest BCUT2D eigenvalue weighted by molar-refractivity contribution is 0.0697. The molecule has 0 fully saturated rings. The normalized spacial score (nSPS) is 10.3. The first kappa shape index (κ1) is 10.2. The summed E-state index contributed by atoms with van der Waals surface area (Å²) in [6.45, 7) is 0. The fraction of sp³-hybridized carbons (Fsp3) is 0.100. The summed E-state index contributed by atoms with van der Waals surface area (Å²) in [5, 5.41) is 12.5. The second-order valence-corrected chi connectivity index (χ2v) is 3.18. The standard InChI is InChI=1S/C10H8N2O4/c1-12-8(11-16-10(12)15)6-4-2-3-5-7(6)9(13)14/h2-5H,1H3,(H,13,14). The molecule has 0 unspecified atom stereocenters. The Morgan fingerprint density at radius 2 is 2.12 bits per heavy atom. The average molecular weight is 220 g/mol. The Morgan fingerprint density at radius 3 is 2.69 bits per heavy atom. The van der Waals surface area contributed by atoms with Gasteiger partial charge in [-0.25, -0.2) is 9.59 Å². The zero-order valence-electron chi connectivity index (χ0n) is 8.38. The van der Waals surface area contributed by atoms with Crippen LogP contribution in [0, 0.1) is 0 Å². The van der Waals surface area contributed by atoms with Crippen LogP contribution >= 0.6 is 0 Å². The van der Waals surface area contributed by atoms with E-state index in [1.165, 1.54) is 13.1 Å². The summed E-state index contributed by atoms with van der Waals surface area (Å²) in [6.07, 6.45) is 0. The highest BCUT2D eigenvalue weighted by atomic mass is 16.5. The van der Waals surface area contributed by atoms with Crippen LogP contribution in [0.5, 0.6) is 0 Å². The molecule has 0 atom stereocenters. The Labute approximate surface area is 89.7 Å². The summed E-state index contributed by atoms with van der Waals surface area (Å²) in [5.41, 5.74) is 0.426. The number of nitrogens with zero attached hydrogens (tertiary/aromatic N) is 2. The van der Waals surface area contributed by atoms with Gasteiger partial charge < -0.3 is 5.11 Å². The molecular weight excluding hydrogens is 212 g/mol. The molecule has 1 aromatic carbocycles. The number of carbonyl (C=O) groups is 1. The van der Waals surface area contributed by atoms with Gasteiger partial charge in [0.05, 0.1) is 5.56 Å². The van der Waals surface area contributed by atoms with Gasteiger partial charge in [0, 0.05) is 12.6 Å². The van der Waals surface area contributed by atoms with Crippen molar-refractivity contribution < 1.29 is 14.4 Å². The van der Waals surface area contributed by atoms with E-state index in [0.717, 1.165) is 4.57 Å². The van der Waals surface area contributed by atoms with Crippen LogP contribution in [0.1, 0.15) is 10.4 Å². The molecule has 16 heavy (non-hydrogen) atoms. The second-order valence-electron chi connectivity index (χ2n) is 3.18. The van der Waals surface area contributed by atoms with Crippen molar-refractivity contribution in [2.45, 2.75) is 0 Å². The molecule has 82 valence electrons. The molecule has 2 rings (SSSR count). The van der Waals surface area contributed by atoms with Crippen LogP contribution in [-0.4, -0.2) is 20.8 Å². The number of carboxylic acid groups (broad SMARTS) is 1. The molecule has 2 aromatic rings. The molecule has 0 aliphatic heterocycles. The lowest BCUT2D eigenvalue weighted by Gasteiger charge is -2.02. The van der Waals surface area contributed by atoms with Crippen LogP contribution in [-0.2, 0) is 7.05 Å². The third-order valence-corrected chi connectivity index (χ3v) is 2.20. The van der Waals surface area contributed by atoms with E-state index < -0.39 is 11.7 Å². The third kappa shape index (κ3) is 1.50. The molecular formula is C10H8N2O4. The Hall–Kier alpha value is -2.37. The van der Waals surface area contributed by atoms with Crippen molar-refractivity contribution in [3.05, 3.63) is 40.4 Å². The van der Waals surface area contributed by atoms with Gasteiger partial charge in [0.2, 0.25) is 0 Å². The molecule has 0 amide bonds. The van der Waals surface area contributed by atoms with Gasteiger partial charge in [-0.3, -0.25) is 9.09 Å². The molecule has 1 aromatic heterocycles. The third-order valence-electron chi connectivity index (χ3n) is 2.20. The number of aromatic carboxylic acids is 1. The van der Waals surface area contributed by atoms with Gasteiger partial charge in [-0.15, -0.1) is 0 Å². The van der Waals surface area contributed by atoms with Gasteiger partial charge in [-0.1, -0.05) is 23.4 Å². The molecule has 0 radical (unpaired) electrons. The molecule has 0 saturated heterocycles. The SMILES string of the molecule is Cn1c(-c2ccccc2C(=O)O)noc1=O. The van der Waals surface area contributed by atoms with Crippen molar-refractivity contribution in [3.8, 4) is 11.4 Å². The monoisotopic (exact) mass is 220 g/mol. The highest BCUT2D eigenvalue weighted by Gasteiger charge is 2.16. The maximum absolute atomic E-state index is 11.1. The highest BCUT2D eigenvalue weighted by Crippen LogP contribution is 2.20. The van der Waals surface area contributed by atoms with E-state index in [-0.39, 0.29) is 11.4 Å². The highest BCUT2D eigenvalue weighted by molar-refractivity contribution is 5.94. The molecule has 0 saturated carbocycles. The smallest absolute Gasteiger partial charge is 0.441 e. The first-order chi connectivity index (χ1) is 7.61. The van der Waals surface area contributed by atoms with Crippen LogP contribution in [0.3, 0.4) is 0 Å². The Kier molecular flexibility index (Phi) is 2.32. The summed E-state index contributed by atoms with van der Waals surface area (Å²) in [6, 6.07) is 6.28. The topological polar surface area (TPSA) is 85.3 Å². The second kappa shape index (κ2) is 3.65. The quantitative estimate of drug-likeness (QED) is 0.806. The van der Waals surface area contributed by atoms with Crippen LogP contribution in [0.25, 0.3) is 11.4 Å². The summed E-state index contributed by atoms with van der Waals surface area (Å²) in [7, 11) is 1.47. The van der Waals surface area contributed by atoms with Gasteiger partial charge in [-0.2, -0.15) is 0 Å². The van der Waals surface area contributed by atoms with Crippen molar-refractivity contribution in [2.24, 2.45) is 7.05 Å². The summed E-state index contributed by atoms with van der Waals surface area (Å²) in [4.78, 5) is 22.0. The first-order valence-electron chi connectivity index (χ1n) is 4.46. The number of hydrogen-bond acceptors (Lipinski definition) is 4. The van der Waals surface area contributed by atoms with E-state index in [1.54, 1.807) is 18.2 Å². The number of aromatic nitrogens is 2. The minimum absolute atomic E-state index is 0.0754. The van der Waals surface area contributed by atoms with Crippen molar-refractivity contribution in [3.63, 3.8) is 0 Å². The Morgan fingerprint density at radius 1 is 1.44 bits per heavy atom. The van der Waals surface area contributed by atoms with Crippen molar-refractivity contribution in [1.82, 2.24) is 9.72 Å². The fourth-order valence-corrected chi connectivity index (χ4v) is 1.39. The predicted molar refractivity (Wildman–Crippen MR) is 54.1 cm³/mol. The number of rotatable bonds is 2. The van der Waals surface area contributed by atoms with Gasteiger partial charge in [0.1, 0.15) is 0 Å². The molecule has 0 aliphatic carbocycles. The summed E-state index contributed by atoms with van der Waals surface area (Å²) < 4.78 is 5.60. The van der Waals surface area contributed by atoms with Gasteiger partial charge in [0.25, 0.3) is 0 Å². The first-order valence-corrected chi connectivity index (χ1v) is 4.46. The molecule has 0 aliphatic rings. The van der Waals surface area contributed by atoms with Crippen molar-refractivity contribution >= 4 is 5.97 Å². The maximum atomic E-state index is 11.1. The van der Waals surface area contributed by atoms with Crippen LogP contribution in [0.15, 0.2) is 33.6 Å². The fourth-order valence-electron chi connectivity index (χ4n) is 1.39. The molecule has 1 N–H and O–H groups in total. The van der Waals surface area contributed by atoms with Crippen LogP contribution in [0.4, 0.5) is 0 Å². The summed E-state index contributed by atoms with van der Waals surface area (Å²) in [5.74, 6) is -1.51. The number of hydrogen-bond donors (Lipinski definition) is 1. The largest absolute Gasteiger partial charge is 0.478 e. The molecule has 0 spiro atoms. The Bertz CT molecular complexity index is 597. The zero-order valence-corrected chi connectivity index (χ0v) is 8.38. The van der Waals surface area contributed by atoms with E-state index in [0.29, 0.717) is 5.56 Å². The van der Waals surface area contributed by atoms with Gasteiger partial charge >= 0.3 is 11.7 Å². The van der Waals surface area contributed by atoms with E-state index >= 15 is 0 Å².